The van der Waals surface area contributed by atoms with E-state index in [4.69, 9.17) is 9.47 Å². The van der Waals surface area contributed by atoms with Crippen LogP contribution in [0.15, 0.2) is 24.3 Å². The van der Waals surface area contributed by atoms with Crippen LogP contribution in [0.25, 0.3) is 0 Å². The zero-order valence-electron chi connectivity index (χ0n) is 12.5. The number of para-hydroxylation sites is 1. The summed E-state index contributed by atoms with van der Waals surface area (Å²) in [6.07, 6.45) is 0.593. The van der Waals surface area contributed by atoms with Crippen LogP contribution in [0.4, 0.5) is 0 Å². The van der Waals surface area contributed by atoms with E-state index in [1.165, 1.54) is 4.90 Å². The van der Waals surface area contributed by atoms with Gasteiger partial charge in [-0.2, -0.15) is 0 Å². The Balaban J connectivity index is 2.09. The third-order valence-electron chi connectivity index (χ3n) is 4.50. The number of piperidine rings is 1. The Morgan fingerprint density at radius 1 is 1.48 bits per heavy atom. The molecule has 1 aromatic carbocycles. The number of hydrogen-bond acceptors (Lipinski definition) is 4. The normalized spacial score (nSPS) is 30.4. The van der Waals surface area contributed by atoms with Gasteiger partial charge in [-0.15, -0.1) is 0 Å². The van der Waals surface area contributed by atoms with Crippen LogP contribution >= 0.6 is 0 Å². The van der Waals surface area contributed by atoms with E-state index >= 15 is 0 Å². The molecule has 1 fully saturated rings. The van der Waals surface area contributed by atoms with E-state index in [0.29, 0.717) is 6.42 Å². The molecule has 1 amide bonds. The molecule has 21 heavy (non-hydrogen) atoms. The highest BCUT2D eigenvalue weighted by Crippen LogP contribution is 2.49. The number of rotatable bonds is 2. The van der Waals surface area contributed by atoms with Gasteiger partial charge in [0, 0.05) is 19.4 Å². The van der Waals surface area contributed by atoms with Crippen LogP contribution in [0, 0.1) is 5.92 Å². The molecular weight excluding hydrogens is 270 g/mol. The highest BCUT2D eigenvalue weighted by molar-refractivity contribution is 6.00. The van der Waals surface area contributed by atoms with E-state index in [0.717, 1.165) is 11.3 Å². The van der Waals surface area contributed by atoms with Gasteiger partial charge in [0.2, 0.25) is 5.91 Å². The van der Waals surface area contributed by atoms with Crippen LogP contribution in [0.3, 0.4) is 0 Å². The molecule has 2 bridgehead atoms. The first-order chi connectivity index (χ1) is 9.98. The van der Waals surface area contributed by atoms with E-state index in [2.05, 4.69) is 0 Å². The minimum Gasteiger partial charge on any atom is -0.468 e. The van der Waals surface area contributed by atoms with Crippen molar-refractivity contribution < 1.29 is 19.1 Å². The molecule has 0 saturated carbocycles. The molecule has 0 radical (unpaired) electrons. The van der Waals surface area contributed by atoms with Crippen molar-refractivity contribution in [1.82, 2.24) is 4.90 Å². The zero-order valence-corrected chi connectivity index (χ0v) is 12.5. The molecule has 0 aromatic heterocycles. The van der Waals surface area contributed by atoms with Gasteiger partial charge in [0.05, 0.1) is 6.61 Å². The van der Waals surface area contributed by atoms with Crippen molar-refractivity contribution in [2.75, 3.05) is 13.7 Å². The van der Waals surface area contributed by atoms with Gasteiger partial charge in [-0.25, -0.2) is 0 Å². The van der Waals surface area contributed by atoms with Crippen LogP contribution in [0.2, 0.25) is 0 Å². The summed E-state index contributed by atoms with van der Waals surface area (Å²) in [7, 11) is 1.68. The van der Waals surface area contributed by atoms with Gasteiger partial charge in [0.15, 0.2) is 5.72 Å². The SMILES string of the molecule is CCOC(=O)[C@@H]1C(=O)N(C)[C@]2(C)C[C@H]1c1ccccc1O2. The maximum atomic E-state index is 12.6. The lowest BCUT2D eigenvalue weighted by Gasteiger charge is -2.51. The quantitative estimate of drug-likeness (QED) is 0.616. The second-order valence-electron chi connectivity index (χ2n) is 5.75. The summed E-state index contributed by atoms with van der Waals surface area (Å²) in [5.74, 6) is -0.916. The number of carbonyl (C=O) groups excluding carboxylic acids is 2. The van der Waals surface area contributed by atoms with E-state index in [1.54, 1.807) is 14.0 Å². The Bertz CT molecular complexity index is 600. The molecule has 0 aliphatic carbocycles. The standard InChI is InChI=1S/C16H19NO4/c1-4-20-15(19)13-11-9-16(2,17(3)14(13)18)21-12-8-6-5-7-10(11)12/h5-8,11,13H,4,9H2,1-3H3/t11-,13-,16-/m0/s1. The monoisotopic (exact) mass is 289 g/mol. The smallest absolute Gasteiger partial charge is 0.319 e. The van der Waals surface area contributed by atoms with Crippen molar-refractivity contribution in [3.05, 3.63) is 29.8 Å². The first-order valence-electron chi connectivity index (χ1n) is 7.20. The van der Waals surface area contributed by atoms with E-state index < -0.39 is 17.6 Å². The number of likely N-dealkylation sites (tertiary alicyclic amines) is 1. The van der Waals surface area contributed by atoms with Crippen LogP contribution < -0.4 is 4.74 Å². The molecule has 2 heterocycles. The van der Waals surface area contributed by atoms with Gasteiger partial charge < -0.3 is 14.4 Å². The fourth-order valence-corrected chi connectivity index (χ4v) is 3.29. The Labute approximate surface area is 123 Å². The third-order valence-corrected chi connectivity index (χ3v) is 4.50. The number of nitrogens with zero attached hydrogens (tertiary/aromatic N) is 1. The molecule has 0 unspecified atom stereocenters. The number of fused-ring (bicyclic) bond motifs is 4. The van der Waals surface area contributed by atoms with Gasteiger partial charge in [-0.3, -0.25) is 9.59 Å². The van der Waals surface area contributed by atoms with Crippen molar-refractivity contribution in [3.8, 4) is 5.75 Å². The molecule has 5 nitrogen and oxygen atoms in total. The van der Waals surface area contributed by atoms with Crippen molar-refractivity contribution in [1.29, 1.82) is 0 Å². The van der Waals surface area contributed by atoms with Crippen LogP contribution in [-0.4, -0.2) is 36.2 Å². The Morgan fingerprint density at radius 3 is 2.90 bits per heavy atom. The molecule has 112 valence electrons. The highest BCUT2D eigenvalue weighted by atomic mass is 16.5. The van der Waals surface area contributed by atoms with Crippen molar-refractivity contribution in [2.24, 2.45) is 5.92 Å². The molecule has 3 atom stereocenters. The van der Waals surface area contributed by atoms with E-state index in [9.17, 15) is 9.59 Å². The lowest BCUT2D eigenvalue weighted by molar-refractivity contribution is -0.178. The second-order valence-corrected chi connectivity index (χ2v) is 5.75. The molecule has 2 aliphatic heterocycles. The summed E-state index contributed by atoms with van der Waals surface area (Å²) >= 11 is 0. The number of ether oxygens (including phenoxy) is 2. The van der Waals surface area contributed by atoms with E-state index in [-0.39, 0.29) is 18.4 Å². The van der Waals surface area contributed by atoms with Gasteiger partial charge in [-0.05, 0) is 25.5 Å². The minimum absolute atomic E-state index is 0.192. The predicted molar refractivity (Wildman–Crippen MR) is 75.7 cm³/mol. The van der Waals surface area contributed by atoms with Crippen molar-refractivity contribution >= 4 is 11.9 Å². The zero-order chi connectivity index (χ0) is 15.2. The summed E-state index contributed by atoms with van der Waals surface area (Å²) in [5, 5.41) is 0. The molecule has 5 heteroatoms. The molecule has 0 N–H and O–H groups in total. The highest BCUT2D eigenvalue weighted by Gasteiger charge is 2.55. The minimum atomic E-state index is -0.784. The first-order valence-corrected chi connectivity index (χ1v) is 7.20. The fraction of sp³-hybridized carbons (Fsp3) is 0.500. The number of esters is 1. The maximum Gasteiger partial charge on any atom is 0.319 e. The average Bonchev–Trinajstić information content (AvgIpc) is 2.45. The van der Waals surface area contributed by atoms with Crippen LogP contribution in [0.1, 0.15) is 31.7 Å². The van der Waals surface area contributed by atoms with Crippen molar-refractivity contribution in [2.45, 2.75) is 31.9 Å². The van der Waals surface area contributed by atoms with Gasteiger partial charge >= 0.3 is 5.97 Å². The summed E-state index contributed by atoms with van der Waals surface area (Å²) < 4.78 is 11.1. The number of carbonyl (C=O) groups is 2. The lowest BCUT2D eigenvalue weighted by atomic mass is 9.74. The van der Waals surface area contributed by atoms with E-state index in [1.807, 2.05) is 31.2 Å². The Hall–Kier alpha value is -2.04. The van der Waals surface area contributed by atoms with Crippen molar-refractivity contribution in [3.63, 3.8) is 0 Å². The third kappa shape index (κ3) is 1.99. The van der Waals surface area contributed by atoms with Gasteiger partial charge in [0.25, 0.3) is 0 Å². The Kier molecular flexibility index (Phi) is 3.15. The molecule has 2 aliphatic rings. The molecule has 3 rings (SSSR count). The van der Waals surface area contributed by atoms with Crippen LogP contribution in [0.5, 0.6) is 5.75 Å². The maximum absolute atomic E-state index is 12.6. The molecular formula is C16H19NO4. The fourth-order valence-electron chi connectivity index (χ4n) is 3.29. The first kappa shape index (κ1) is 13.9. The average molecular weight is 289 g/mol. The lowest BCUT2D eigenvalue weighted by Crippen LogP contribution is -2.62. The molecule has 1 saturated heterocycles. The van der Waals surface area contributed by atoms with Gasteiger partial charge in [0.1, 0.15) is 11.7 Å². The summed E-state index contributed by atoms with van der Waals surface area (Å²) in [6, 6.07) is 7.59. The Morgan fingerprint density at radius 2 is 2.19 bits per heavy atom. The molecule has 1 aromatic rings. The largest absolute Gasteiger partial charge is 0.468 e. The number of benzene rings is 1. The predicted octanol–water partition coefficient (Wildman–Crippen LogP) is 1.92. The topological polar surface area (TPSA) is 55.8 Å². The summed E-state index contributed by atoms with van der Waals surface area (Å²) in [6.45, 7) is 3.90. The van der Waals surface area contributed by atoms with Crippen LogP contribution in [-0.2, 0) is 14.3 Å². The molecule has 0 spiro atoms. The number of amides is 1. The van der Waals surface area contributed by atoms with Gasteiger partial charge in [-0.1, -0.05) is 18.2 Å². The second kappa shape index (κ2) is 4.76. The summed E-state index contributed by atoms with van der Waals surface area (Å²) in [5.41, 5.74) is 0.202. The number of hydrogen-bond donors (Lipinski definition) is 0. The summed E-state index contributed by atoms with van der Waals surface area (Å²) in [4.78, 5) is 26.4.